The molecule has 20 aromatic carbocycles. The Morgan fingerprint density at radius 2 is 0.366 bits per heavy atom. The minimum Gasteiger partial charge on any atom is -0.456 e. The first kappa shape index (κ1) is 80.5. The first-order chi connectivity index (χ1) is 66.4. The summed E-state index contributed by atoms with van der Waals surface area (Å²) in [5, 5.41) is 12.3. The molecule has 0 spiro atoms. The molecule has 0 saturated heterocycles. The molecular weight excluding hydrogens is 1630 g/mol. The summed E-state index contributed by atoms with van der Waals surface area (Å²) in [4.78, 5) is 34.6. The lowest BCUT2D eigenvalue weighted by Gasteiger charge is -2.12. The lowest BCUT2D eigenvalue weighted by atomic mass is 9.92. The van der Waals surface area contributed by atoms with Gasteiger partial charge in [0.05, 0.1) is 22.8 Å². The van der Waals surface area contributed by atoms with Crippen molar-refractivity contribution in [1.29, 1.82) is 0 Å². The summed E-state index contributed by atoms with van der Waals surface area (Å²) >= 11 is 0. The second-order valence-electron chi connectivity index (χ2n) is 33.3. The van der Waals surface area contributed by atoms with E-state index in [1.807, 2.05) is 158 Å². The molecule has 0 unspecified atom stereocenters. The van der Waals surface area contributed by atoms with Crippen LogP contribution in [0.2, 0.25) is 0 Å². The standard InChI is InChI=1S/C46H30N2.C40H26N2O.C39H25N3O/c1-3-11-34(12-4-1)44-30-45(48-46(47-44)36-13-5-2-6-14-36)35-25-23-32(24-26-35)31-19-21-33(22-20-31)37-27-28-42-40-17-8-7-15-38(40)39-16-9-10-18-41(39)43(42)29-37;1-3-10-29(11-4-1)36-26-37(30-12-5-2-6-13-30)42-40(41-36)33-15-9-14-31(24-33)27-18-20-28(21-19-27)32-22-23-39-35(25-32)34-16-7-8-17-38(34)43-39;1-3-12-26(13-4-1)37-40-38(27-14-5-2-6-15-27)42-39(41-37)31-19-10-17-29(25-31)28-16-9-18-30(24-28)32-21-11-22-34-33-20-7-8-23-35(33)43-36(32)34/h1-30H;1-26H;1-25H. The molecule has 0 fully saturated rings. The van der Waals surface area contributed by atoms with Crippen LogP contribution in [0.1, 0.15) is 0 Å². The average molecular weight is 1710 g/mol. The van der Waals surface area contributed by atoms with Gasteiger partial charge >= 0.3 is 0 Å². The van der Waals surface area contributed by atoms with Gasteiger partial charge < -0.3 is 8.83 Å². The van der Waals surface area contributed by atoms with Gasteiger partial charge in [-0.05, 0) is 154 Å². The van der Waals surface area contributed by atoms with Crippen LogP contribution in [0.15, 0.2) is 500 Å². The highest BCUT2D eigenvalue weighted by Gasteiger charge is 2.20. The molecule has 0 atom stereocenters. The predicted molar refractivity (Wildman–Crippen MR) is 553 cm³/mol. The van der Waals surface area contributed by atoms with E-state index < -0.39 is 0 Å². The number of hydrogen-bond donors (Lipinski definition) is 0. The number of aromatic nitrogens is 7. The Morgan fingerprint density at radius 3 is 0.806 bits per heavy atom. The molecule has 0 aliphatic rings. The zero-order valence-corrected chi connectivity index (χ0v) is 72.7. The van der Waals surface area contributed by atoms with E-state index in [-0.39, 0.29) is 0 Å². The normalized spacial score (nSPS) is 11.3. The van der Waals surface area contributed by atoms with Crippen molar-refractivity contribution in [2.24, 2.45) is 0 Å². The molecule has 0 aliphatic carbocycles. The Balaban J connectivity index is 0.000000114. The summed E-state index contributed by atoms with van der Waals surface area (Å²) in [5.74, 6) is 3.37. The van der Waals surface area contributed by atoms with Crippen LogP contribution in [0.3, 0.4) is 0 Å². The largest absolute Gasteiger partial charge is 0.456 e. The highest BCUT2D eigenvalue weighted by molar-refractivity contribution is 6.26. The van der Waals surface area contributed by atoms with E-state index in [1.165, 1.54) is 65.7 Å². The molecule has 0 aliphatic heterocycles. The van der Waals surface area contributed by atoms with Gasteiger partial charge in [-0.25, -0.2) is 34.9 Å². The van der Waals surface area contributed by atoms with Gasteiger partial charge in [0.1, 0.15) is 22.3 Å². The van der Waals surface area contributed by atoms with E-state index in [4.69, 9.17) is 43.7 Å². The fourth-order valence-electron chi connectivity index (χ4n) is 18.1. The van der Waals surface area contributed by atoms with Crippen molar-refractivity contribution in [2.45, 2.75) is 0 Å². The maximum Gasteiger partial charge on any atom is 0.164 e. The van der Waals surface area contributed by atoms with Gasteiger partial charge in [0.2, 0.25) is 0 Å². The lowest BCUT2D eigenvalue weighted by molar-refractivity contribution is 0.669. The third kappa shape index (κ3) is 16.4. The lowest BCUT2D eigenvalue weighted by Crippen LogP contribution is -2.00. The highest BCUT2D eigenvalue weighted by atomic mass is 16.3. The van der Waals surface area contributed by atoms with E-state index in [0.29, 0.717) is 23.3 Å². The second-order valence-corrected chi connectivity index (χ2v) is 33.3. The van der Waals surface area contributed by atoms with Crippen LogP contribution in [0, 0.1) is 0 Å². The molecule has 0 bridgehead atoms. The van der Waals surface area contributed by atoms with Crippen LogP contribution in [0.25, 0.3) is 245 Å². The van der Waals surface area contributed by atoms with E-state index in [9.17, 15) is 0 Å². The molecule has 5 aromatic heterocycles. The van der Waals surface area contributed by atoms with Crippen molar-refractivity contribution in [1.82, 2.24) is 34.9 Å². The maximum atomic E-state index is 6.33. The van der Waals surface area contributed by atoms with Crippen molar-refractivity contribution >= 4 is 76.2 Å². The molecule has 5 heterocycles. The third-order valence-corrected chi connectivity index (χ3v) is 24.9. The Labute approximate surface area is 774 Å². The molecule has 0 amide bonds. The van der Waals surface area contributed by atoms with Crippen molar-refractivity contribution in [3.05, 3.63) is 491 Å². The minimum absolute atomic E-state index is 0.637. The van der Waals surface area contributed by atoms with Crippen LogP contribution in [-0.2, 0) is 0 Å². The number of furan rings is 2. The molecule has 134 heavy (non-hydrogen) atoms. The van der Waals surface area contributed by atoms with Crippen molar-refractivity contribution in [3.8, 4) is 169 Å². The maximum absolute atomic E-state index is 6.33. The fraction of sp³-hybridized carbons (Fsp3) is 0. The summed E-state index contributed by atoms with van der Waals surface area (Å²) in [6.45, 7) is 0. The number of fused-ring (bicyclic) bond motifs is 12. The monoisotopic (exact) mass is 1710 g/mol. The molecule has 9 nitrogen and oxygen atoms in total. The quantitative estimate of drug-likeness (QED) is 0.0925. The van der Waals surface area contributed by atoms with Crippen molar-refractivity contribution in [2.75, 3.05) is 0 Å². The number of benzene rings is 20. The topological polar surface area (TPSA) is 117 Å². The highest BCUT2D eigenvalue weighted by Crippen LogP contribution is 2.43. The van der Waals surface area contributed by atoms with Crippen molar-refractivity contribution in [3.63, 3.8) is 0 Å². The van der Waals surface area contributed by atoms with Gasteiger partial charge in [-0.1, -0.05) is 431 Å². The van der Waals surface area contributed by atoms with E-state index in [1.54, 1.807) is 0 Å². The van der Waals surface area contributed by atoms with E-state index >= 15 is 0 Å². The third-order valence-electron chi connectivity index (χ3n) is 24.9. The van der Waals surface area contributed by atoms with Crippen LogP contribution < -0.4 is 0 Å². The molecule has 0 saturated carbocycles. The molecule has 628 valence electrons. The second kappa shape index (κ2) is 35.9. The van der Waals surface area contributed by atoms with Crippen LogP contribution in [0.4, 0.5) is 0 Å². The molecular formula is C125H81N7O2. The van der Waals surface area contributed by atoms with Gasteiger partial charge in [0, 0.05) is 77.2 Å². The molecule has 0 N–H and O–H groups in total. The number of rotatable bonds is 15. The van der Waals surface area contributed by atoms with Crippen molar-refractivity contribution < 1.29 is 8.83 Å². The number of para-hydroxylation sites is 3. The number of nitrogens with zero attached hydrogens (tertiary/aromatic N) is 7. The Hall–Kier alpha value is -18.1. The summed E-state index contributed by atoms with van der Waals surface area (Å²) < 4.78 is 12.4. The first-order valence-electron chi connectivity index (χ1n) is 45.0. The summed E-state index contributed by atoms with van der Waals surface area (Å²) in [7, 11) is 0. The zero-order valence-electron chi connectivity index (χ0n) is 72.7. The Bertz CT molecular complexity index is 8420. The smallest absolute Gasteiger partial charge is 0.164 e. The SMILES string of the molecule is c1ccc(-c2cc(-c3ccc(-c4ccc(-c5ccc6c7ccccc7c7ccccc7c6c5)cc4)cc3)nc(-c3ccccc3)n2)cc1.c1ccc(-c2cc(-c3ccccc3)nc(-c3cccc(-c4ccc(-c5ccc6oc7ccccc7c6c5)cc4)c3)n2)cc1.c1ccc(-c2nc(-c3ccccc3)nc(-c3cccc(-c4cccc(-c5cccc6c5oc5ccccc56)c4)c3)n2)cc1. The Morgan fingerprint density at radius 1 is 0.119 bits per heavy atom. The van der Waals surface area contributed by atoms with Gasteiger partial charge in [0.25, 0.3) is 0 Å². The molecule has 25 rings (SSSR count). The van der Waals surface area contributed by atoms with Gasteiger partial charge in [-0.15, -0.1) is 0 Å². The predicted octanol–water partition coefficient (Wildman–Crippen LogP) is 33.1. The first-order valence-corrected chi connectivity index (χ1v) is 45.0. The van der Waals surface area contributed by atoms with Gasteiger partial charge in [-0.2, -0.15) is 0 Å². The molecule has 25 aromatic rings. The Kier molecular flexibility index (Phi) is 21.6. The summed E-state index contributed by atoms with van der Waals surface area (Å²) in [6, 6.07) is 171. The fourth-order valence-corrected chi connectivity index (χ4v) is 18.1. The van der Waals surface area contributed by atoms with Gasteiger partial charge in [0.15, 0.2) is 29.1 Å². The average Bonchev–Trinajstić information content (AvgIpc) is 1.13. The molecule has 9 heteroatoms. The van der Waals surface area contributed by atoms with Crippen LogP contribution in [-0.4, -0.2) is 34.9 Å². The summed E-state index contributed by atoms with van der Waals surface area (Å²) in [6.07, 6.45) is 0. The minimum atomic E-state index is 0.637. The summed E-state index contributed by atoms with van der Waals surface area (Å²) in [5.41, 5.74) is 30.1. The zero-order chi connectivity index (χ0) is 89.0. The van der Waals surface area contributed by atoms with E-state index in [0.717, 1.165) is 156 Å². The van der Waals surface area contributed by atoms with Gasteiger partial charge in [-0.3, -0.25) is 0 Å². The number of hydrogen-bond acceptors (Lipinski definition) is 9. The van der Waals surface area contributed by atoms with Crippen LogP contribution >= 0.6 is 0 Å². The molecule has 0 radical (unpaired) electrons. The van der Waals surface area contributed by atoms with Crippen LogP contribution in [0.5, 0.6) is 0 Å². The van der Waals surface area contributed by atoms with E-state index in [2.05, 4.69) is 334 Å².